The van der Waals surface area contributed by atoms with E-state index in [0.717, 1.165) is 11.1 Å². The largest absolute Gasteiger partial charge is 0.463 e. The molecule has 0 N–H and O–H groups in total. The first kappa shape index (κ1) is 15.9. The van der Waals surface area contributed by atoms with Crippen LogP contribution in [-0.2, 0) is 9.53 Å². The molecular weight excluding hydrogens is 286 g/mol. The van der Waals surface area contributed by atoms with Crippen molar-refractivity contribution in [3.05, 3.63) is 59.9 Å². The summed E-state index contributed by atoms with van der Waals surface area (Å²) >= 11 is 0. The van der Waals surface area contributed by atoms with Gasteiger partial charge in [-0.25, -0.2) is 4.79 Å². The van der Waals surface area contributed by atoms with Crippen molar-refractivity contribution in [3.63, 3.8) is 0 Å². The van der Waals surface area contributed by atoms with Crippen LogP contribution in [0.1, 0.15) is 50.5 Å². The number of ether oxygens (including phenoxy) is 1. The quantitative estimate of drug-likeness (QED) is 0.773. The van der Waals surface area contributed by atoms with Crippen molar-refractivity contribution in [2.75, 3.05) is 6.61 Å². The lowest BCUT2D eigenvalue weighted by Crippen LogP contribution is -2.32. The lowest BCUT2D eigenvalue weighted by Gasteiger charge is -2.34. The molecule has 1 saturated carbocycles. The maximum Gasteiger partial charge on any atom is 0.336 e. The number of benzene rings is 1. The predicted octanol–water partition coefficient (Wildman–Crippen LogP) is 4.38. The molecule has 1 unspecified atom stereocenters. The van der Waals surface area contributed by atoms with Gasteiger partial charge in [-0.05, 0) is 25.3 Å². The lowest BCUT2D eigenvalue weighted by atomic mass is 9.88. The zero-order valence-electron chi connectivity index (χ0n) is 13.8. The smallest absolute Gasteiger partial charge is 0.336 e. The topological polar surface area (TPSA) is 29.5 Å². The van der Waals surface area contributed by atoms with Crippen LogP contribution in [0.15, 0.2) is 54.4 Å². The minimum Gasteiger partial charge on any atom is -0.463 e. The highest BCUT2D eigenvalue weighted by Crippen LogP contribution is 2.33. The van der Waals surface area contributed by atoms with Crippen LogP contribution >= 0.6 is 0 Å². The highest BCUT2D eigenvalue weighted by molar-refractivity contribution is 5.91. The molecule has 23 heavy (non-hydrogen) atoms. The van der Waals surface area contributed by atoms with Gasteiger partial charge in [-0.1, -0.05) is 55.7 Å². The van der Waals surface area contributed by atoms with E-state index >= 15 is 0 Å². The monoisotopic (exact) mass is 311 g/mol. The van der Waals surface area contributed by atoms with E-state index in [-0.39, 0.29) is 11.9 Å². The zero-order chi connectivity index (χ0) is 16.1. The normalized spacial score (nSPS) is 21.9. The van der Waals surface area contributed by atoms with E-state index in [1.54, 1.807) is 0 Å². The molecule has 1 fully saturated rings. The number of hydrogen-bond acceptors (Lipinski definition) is 3. The first-order valence-corrected chi connectivity index (χ1v) is 8.69. The SMILES string of the molecule is CCOC(=O)C1=CN(C2CCCCC2)C=CC1c1ccccc1. The van der Waals surface area contributed by atoms with Gasteiger partial charge in [0.15, 0.2) is 0 Å². The molecule has 0 bridgehead atoms. The molecule has 1 aliphatic carbocycles. The lowest BCUT2D eigenvalue weighted by molar-refractivity contribution is -0.138. The molecule has 122 valence electrons. The molecule has 1 atom stereocenters. The predicted molar refractivity (Wildman–Crippen MR) is 91.8 cm³/mol. The van der Waals surface area contributed by atoms with E-state index < -0.39 is 0 Å². The molecule has 1 heterocycles. The molecule has 0 aromatic heterocycles. The molecule has 1 aromatic rings. The van der Waals surface area contributed by atoms with E-state index in [1.165, 1.54) is 32.1 Å². The van der Waals surface area contributed by atoms with Gasteiger partial charge in [0.05, 0.1) is 12.2 Å². The van der Waals surface area contributed by atoms with Crippen molar-refractivity contribution in [2.24, 2.45) is 0 Å². The second-order valence-corrected chi connectivity index (χ2v) is 6.27. The summed E-state index contributed by atoms with van der Waals surface area (Å²) in [5.74, 6) is -0.221. The third-order valence-corrected chi connectivity index (χ3v) is 4.74. The maximum atomic E-state index is 12.5. The molecule has 3 heteroatoms. The molecule has 0 spiro atoms. The number of hydrogen-bond donors (Lipinski definition) is 0. The Labute approximate surface area is 138 Å². The Morgan fingerprint density at radius 2 is 1.91 bits per heavy atom. The summed E-state index contributed by atoms with van der Waals surface area (Å²) in [7, 11) is 0. The Morgan fingerprint density at radius 3 is 2.61 bits per heavy atom. The summed E-state index contributed by atoms with van der Waals surface area (Å²) in [6.07, 6.45) is 12.6. The Morgan fingerprint density at radius 1 is 1.17 bits per heavy atom. The van der Waals surface area contributed by atoms with Gasteiger partial charge in [-0.15, -0.1) is 0 Å². The second-order valence-electron chi connectivity index (χ2n) is 6.27. The number of nitrogens with zero attached hydrogens (tertiary/aromatic N) is 1. The summed E-state index contributed by atoms with van der Waals surface area (Å²) in [4.78, 5) is 14.7. The van der Waals surface area contributed by atoms with Crippen molar-refractivity contribution in [1.82, 2.24) is 4.90 Å². The fraction of sp³-hybridized carbons (Fsp3) is 0.450. The van der Waals surface area contributed by atoms with Gasteiger partial charge < -0.3 is 9.64 Å². The molecule has 1 aromatic carbocycles. The van der Waals surface area contributed by atoms with Crippen LogP contribution in [0.4, 0.5) is 0 Å². The fourth-order valence-electron chi connectivity index (χ4n) is 3.52. The molecule has 1 aliphatic heterocycles. The van der Waals surface area contributed by atoms with Gasteiger partial charge in [0.1, 0.15) is 0 Å². The van der Waals surface area contributed by atoms with E-state index in [0.29, 0.717) is 12.6 Å². The zero-order valence-corrected chi connectivity index (χ0v) is 13.8. The van der Waals surface area contributed by atoms with Crippen molar-refractivity contribution in [3.8, 4) is 0 Å². The van der Waals surface area contributed by atoms with Crippen molar-refractivity contribution < 1.29 is 9.53 Å². The van der Waals surface area contributed by atoms with Crippen molar-refractivity contribution >= 4 is 5.97 Å². The Balaban J connectivity index is 1.86. The minimum atomic E-state index is -0.202. The van der Waals surface area contributed by atoms with E-state index in [2.05, 4.69) is 29.3 Å². The van der Waals surface area contributed by atoms with Gasteiger partial charge in [0.2, 0.25) is 0 Å². The third kappa shape index (κ3) is 3.66. The number of esters is 1. The summed E-state index contributed by atoms with van der Waals surface area (Å²) < 4.78 is 5.30. The Hall–Kier alpha value is -2.03. The van der Waals surface area contributed by atoms with Crippen LogP contribution in [0.5, 0.6) is 0 Å². The van der Waals surface area contributed by atoms with Gasteiger partial charge in [-0.3, -0.25) is 0 Å². The van der Waals surface area contributed by atoms with Crippen LogP contribution in [0.3, 0.4) is 0 Å². The van der Waals surface area contributed by atoms with Crippen molar-refractivity contribution in [2.45, 2.75) is 51.0 Å². The van der Waals surface area contributed by atoms with Crippen LogP contribution < -0.4 is 0 Å². The summed E-state index contributed by atoms with van der Waals surface area (Å²) in [6, 6.07) is 10.7. The standard InChI is InChI=1S/C20H25NO2/c1-2-23-20(22)19-15-21(17-11-7-4-8-12-17)14-13-18(19)16-9-5-3-6-10-16/h3,5-6,9-10,13-15,17-18H,2,4,7-8,11-12H2,1H3. The number of carbonyl (C=O) groups is 1. The molecule has 0 saturated heterocycles. The molecule has 3 nitrogen and oxygen atoms in total. The fourth-order valence-corrected chi connectivity index (χ4v) is 3.52. The van der Waals surface area contributed by atoms with Gasteiger partial charge in [0, 0.05) is 24.4 Å². The number of rotatable bonds is 4. The second kappa shape index (κ2) is 7.49. The maximum absolute atomic E-state index is 12.5. The van der Waals surface area contributed by atoms with Gasteiger partial charge in [-0.2, -0.15) is 0 Å². The highest BCUT2D eigenvalue weighted by Gasteiger charge is 2.28. The van der Waals surface area contributed by atoms with Gasteiger partial charge in [0.25, 0.3) is 0 Å². The molecule has 0 radical (unpaired) electrons. The van der Waals surface area contributed by atoms with E-state index in [4.69, 9.17) is 4.74 Å². The molecule has 2 aliphatic rings. The summed E-state index contributed by atoms with van der Waals surface area (Å²) in [5.41, 5.74) is 1.87. The highest BCUT2D eigenvalue weighted by atomic mass is 16.5. The summed E-state index contributed by atoms with van der Waals surface area (Å²) in [6.45, 7) is 2.26. The van der Waals surface area contributed by atoms with Crippen LogP contribution in [0.25, 0.3) is 0 Å². The number of allylic oxidation sites excluding steroid dienone is 1. The average Bonchev–Trinajstić information content (AvgIpc) is 2.63. The molecule has 0 amide bonds. The van der Waals surface area contributed by atoms with Crippen molar-refractivity contribution in [1.29, 1.82) is 0 Å². The van der Waals surface area contributed by atoms with Crippen LogP contribution in [-0.4, -0.2) is 23.5 Å². The average molecular weight is 311 g/mol. The molecule has 3 rings (SSSR count). The van der Waals surface area contributed by atoms with Crippen LogP contribution in [0, 0.1) is 0 Å². The number of carbonyl (C=O) groups excluding carboxylic acids is 1. The summed E-state index contributed by atoms with van der Waals surface area (Å²) in [5, 5.41) is 0. The first-order valence-electron chi connectivity index (χ1n) is 8.69. The van der Waals surface area contributed by atoms with Crippen LogP contribution in [0.2, 0.25) is 0 Å². The van der Waals surface area contributed by atoms with Gasteiger partial charge >= 0.3 is 5.97 Å². The van der Waals surface area contributed by atoms with E-state index in [9.17, 15) is 4.79 Å². The molecular formula is C20H25NO2. The first-order chi connectivity index (χ1) is 11.3. The third-order valence-electron chi connectivity index (χ3n) is 4.74. The van der Waals surface area contributed by atoms with E-state index in [1.807, 2.05) is 31.3 Å². The Kier molecular flexibility index (Phi) is 5.16. The Bertz CT molecular complexity index is 585. The minimum absolute atomic E-state index is 0.0184.